The van der Waals surface area contributed by atoms with E-state index in [1.54, 1.807) is 0 Å². The number of hydrogen-bond acceptors (Lipinski definition) is 2. The van der Waals surface area contributed by atoms with Gasteiger partial charge in [0.2, 0.25) is 0 Å². The molecule has 0 aliphatic rings. The standard InChI is InChI=1S/C14H20O3/c1-10(2)13(14(15)16)8-9-17-12-6-4-11(3)5-7-12/h4-7,10,13H,8-9H2,1-3H3,(H,15,16). The molecule has 1 unspecified atom stereocenters. The highest BCUT2D eigenvalue weighted by Crippen LogP contribution is 2.17. The van der Waals surface area contributed by atoms with Gasteiger partial charge in [0.05, 0.1) is 12.5 Å². The Bertz CT molecular complexity index is 354. The predicted octanol–water partition coefficient (Wildman–Crippen LogP) is 3.12. The van der Waals surface area contributed by atoms with Gasteiger partial charge in [-0.05, 0) is 31.4 Å². The normalized spacial score (nSPS) is 12.5. The van der Waals surface area contributed by atoms with Crippen LogP contribution in [0.1, 0.15) is 25.8 Å². The van der Waals surface area contributed by atoms with E-state index in [4.69, 9.17) is 9.84 Å². The second-order valence-electron chi connectivity index (χ2n) is 4.64. The van der Waals surface area contributed by atoms with Crippen LogP contribution < -0.4 is 4.74 Å². The second-order valence-corrected chi connectivity index (χ2v) is 4.64. The maximum Gasteiger partial charge on any atom is 0.306 e. The number of rotatable bonds is 6. The van der Waals surface area contributed by atoms with Crippen molar-refractivity contribution in [2.75, 3.05) is 6.61 Å². The first-order valence-corrected chi connectivity index (χ1v) is 5.93. The Balaban J connectivity index is 2.41. The van der Waals surface area contributed by atoms with Crippen molar-refractivity contribution in [2.45, 2.75) is 27.2 Å². The predicted molar refractivity (Wildman–Crippen MR) is 67.3 cm³/mol. The molecule has 0 saturated carbocycles. The molecule has 0 aliphatic carbocycles. The SMILES string of the molecule is Cc1ccc(OCCC(C(=O)O)C(C)C)cc1. The van der Waals surface area contributed by atoms with E-state index in [-0.39, 0.29) is 11.8 Å². The quantitative estimate of drug-likeness (QED) is 0.825. The molecule has 1 aromatic carbocycles. The van der Waals surface area contributed by atoms with Gasteiger partial charge < -0.3 is 9.84 Å². The Morgan fingerprint density at radius 2 is 1.88 bits per heavy atom. The van der Waals surface area contributed by atoms with Crippen LogP contribution in [-0.2, 0) is 4.79 Å². The Labute approximate surface area is 102 Å². The summed E-state index contributed by atoms with van der Waals surface area (Å²) in [6.07, 6.45) is 0.543. The highest BCUT2D eigenvalue weighted by molar-refractivity contribution is 5.70. The van der Waals surface area contributed by atoms with E-state index in [1.807, 2.05) is 45.0 Å². The van der Waals surface area contributed by atoms with Crippen LogP contribution in [0.15, 0.2) is 24.3 Å². The summed E-state index contributed by atoms with van der Waals surface area (Å²) >= 11 is 0. The average molecular weight is 236 g/mol. The number of aliphatic carboxylic acids is 1. The van der Waals surface area contributed by atoms with Crippen LogP contribution in [0.25, 0.3) is 0 Å². The topological polar surface area (TPSA) is 46.5 Å². The molecule has 0 fully saturated rings. The Kier molecular flexibility index (Phi) is 5.01. The summed E-state index contributed by atoms with van der Waals surface area (Å²) in [6.45, 7) is 6.30. The van der Waals surface area contributed by atoms with Crippen LogP contribution in [0.2, 0.25) is 0 Å². The first-order valence-electron chi connectivity index (χ1n) is 5.93. The van der Waals surface area contributed by atoms with Crippen molar-refractivity contribution in [2.24, 2.45) is 11.8 Å². The summed E-state index contributed by atoms with van der Waals surface area (Å²) in [5.74, 6) is -0.148. The molecule has 94 valence electrons. The van der Waals surface area contributed by atoms with E-state index >= 15 is 0 Å². The highest BCUT2D eigenvalue weighted by Gasteiger charge is 2.20. The smallest absolute Gasteiger partial charge is 0.306 e. The zero-order chi connectivity index (χ0) is 12.8. The molecule has 1 atom stereocenters. The van der Waals surface area contributed by atoms with Crippen LogP contribution in [0.5, 0.6) is 5.75 Å². The van der Waals surface area contributed by atoms with Gasteiger partial charge in [-0.2, -0.15) is 0 Å². The zero-order valence-electron chi connectivity index (χ0n) is 10.6. The van der Waals surface area contributed by atoms with Crippen molar-refractivity contribution in [1.82, 2.24) is 0 Å². The van der Waals surface area contributed by atoms with Crippen LogP contribution in [-0.4, -0.2) is 17.7 Å². The summed E-state index contributed by atoms with van der Waals surface area (Å²) in [4.78, 5) is 11.0. The van der Waals surface area contributed by atoms with Gasteiger partial charge in [0, 0.05) is 0 Å². The lowest BCUT2D eigenvalue weighted by molar-refractivity contribution is -0.143. The van der Waals surface area contributed by atoms with E-state index in [2.05, 4.69) is 0 Å². The number of aryl methyl sites for hydroxylation is 1. The van der Waals surface area contributed by atoms with Crippen molar-refractivity contribution in [3.05, 3.63) is 29.8 Å². The molecule has 17 heavy (non-hydrogen) atoms. The summed E-state index contributed by atoms with van der Waals surface area (Å²) in [5, 5.41) is 9.02. The lowest BCUT2D eigenvalue weighted by Crippen LogP contribution is -2.22. The van der Waals surface area contributed by atoms with Gasteiger partial charge in [0.1, 0.15) is 5.75 Å². The molecule has 0 saturated heterocycles. The summed E-state index contributed by atoms with van der Waals surface area (Å²) in [5.41, 5.74) is 1.18. The Hall–Kier alpha value is -1.51. The third-order valence-electron chi connectivity index (χ3n) is 2.84. The van der Waals surface area contributed by atoms with E-state index in [9.17, 15) is 4.79 Å². The fraction of sp³-hybridized carbons (Fsp3) is 0.500. The maximum atomic E-state index is 11.0. The molecule has 1 rings (SSSR count). The molecule has 0 heterocycles. The van der Waals surface area contributed by atoms with Gasteiger partial charge in [-0.25, -0.2) is 0 Å². The average Bonchev–Trinajstić information content (AvgIpc) is 2.25. The first-order chi connectivity index (χ1) is 8.00. The van der Waals surface area contributed by atoms with Gasteiger partial charge in [-0.1, -0.05) is 31.5 Å². The van der Waals surface area contributed by atoms with Crippen molar-refractivity contribution < 1.29 is 14.6 Å². The molecule has 1 N–H and O–H groups in total. The van der Waals surface area contributed by atoms with Crippen molar-refractivity contribution in [3.8, 4) is 5.75 Å². The van der Waals surface area contributed by atoms with Gasteiger partial charge in [0.15, 0.2) is 0 Å². The summed E-state index contributed by atoms with van der Waals surface area (Å²) < 4.78 is 5.53. The maximum absolute atomic E-state index is 11.0. The van der Waals surface area contributed by atoms with Crippen LogP contribution in [0.4, 0.5) is 0 Å². The molecular formula is C14H20O3. The van der Waals surface area contributed by atoms with Crippen LogP contribution in [0, 0.1) is 18.8 Å². The van der Waals surface area contributed by atoms with Gasteiger partial charge in [0.25, 0.3) is 0 Å². The first kappa shape index (κ1) is 13.6. The molecule has 0 spiro atoms. The number of benzene rings is 1. The van der Waals surface area contributed by atoms with Gasteiger partial charge in [-0.15, -0.1) is 0 Å². The Morgan fingerprint density at radius 3 is 2.35 bits per heavy atom. The monoisotopic (exact) mass is 236 g/mol. The second kappa shape index (κ2) is 6.28. The highest BCUT2D eigenvalue weighted by atomic mass is 16.5. The molecule has 0 radical (unpaired) electrons. The molecule has 1 aromatic rings. The molecule has 0 aliphatic heterocycles. The fourth-order valence-electron chi connectivity index (χ4n) is 1.68. The van der Waals surface area contributed by atoms with Crippen molar-refractivity contribution in [1.29, 1.82) is 0 Å². The lowest BCUT2D eigenvalue weighted by atomic mass is 9.93. The minimum atomic E-state index is -0.743. The van der Waals surface area contributed by atoms with E-state index in [1.165, 1.54) is 5.56 Å². The summed E-state index contributed by atoms with van der Waals surface area (Å²) in [6, 6.07) is 7.76. The lowest BCUT2D eigenvalue weighted by Gasteiger charge is -2.16. The third-order valence-corrected chi connectivity index (χ3v) is 2.84. The van der Waals surface area contributed by atoms with Crippen LogP contribution >= 0.6 is 0 Å². The molecule has 0 amide bonds. The van der Waals surface area contributed by atoms with E-state index < -0.39 is 5.97 Å². The molecule has 0 bridgehead atoms. The van der Waals surface area contributed by atoms with E-state index in [0.29, 0.717) is 13.0 Å². The van der Waals surface area contributed by atoms with Crippen molar-refractivity contribution >= 4 is 5.97 Å². The van der Waals surface area contributed by atoms with E-state index in [0.717, 1.165) is 5.75 Å². The van der Waals surface area contributed by atoms with Crippen LogP contribution in [0.3, 0.4) is 0 Å². The number of carboxylic acids is 1. The van der Waals surface area contributed by atoms with Crippen molar-refractivity contribution in [3.63, 3.8) is 0 Å². The minimum Gasteiger partial charge on any atom is -0.494 e. The number of carbonyl (C=O) groups is 1. The molecule has 3 nitrogen and oxygen atoms in total. The number of hydrogen-bond donors (Lipinski definition) is 1. The number of carboxylic acid groups (broad SMARTS) is 1. The van der Waals surface area contributed by atoms with Gasteiger partial charge in [-0.3, -0.25) is 4.79 Å². The minimum absolute atomic E-state index is 0.133. The molecular weight excluding hydrogens is 216 g/mol. The largest absolute Gasteiger partial charge is 0.494 e. The molecule has 0 aromatic heterocycles. The third kappa shape index (κ3) is 4.47. The summed E-state index contributed by atoms with van der Waals surface area (Å²) in [7, 11) is 0. The fourth-order valence-corrected chi connectivity index (χ4v) is 1.68. The zero-order valence-corrected chi connectivity index (χ0v) is 10.6. The Morgan fingerprint density at radius 1 is 1.29 bits per heavy atom. The van der Waals surface area contributed by atoms with Gasteiger partial charge >= 0.3 is 5.97 Å². The number of ether oxygens (including phenoxy) is 1. The molecule has 3 heteroatoms.